The second kappa shape index (κ2) is 6.95. The Balaban J connectivity index is 2.07. The lowest BCUT2D eigenvalue weighted by Gasteiger charge is -2.15. The summed E-state index contributed by atoms with van der Waals surface area (Å²) < 4.78 is 0. The van der Waals surface area contributed by atoms with E-state index in [9.17, 15) is 0 Å². The van der Waals surface area contributed by atoms with Crippen LogP contribution in [0.1, 0.15) is 5.56 Å². The first-order valence-electron chi connectivity index (χ1n) is 7.45. The zero-order valence-corrected chi connectivity index (χ0v) is 13.2. The van der Waals surface area contributed by atoms with Crippen LogP contribution in [0.25, 0.3) is 11.1 Å². The van der Waals surface area contributed by atoms with Crippen molar-refractivity contribution in [2.45, 2.75) is 6.92 Å². The first kappa shape index (κ1) is 15.7. The lowest BCUT2D eigenvalue weighted by molar-refractivity contribution is 1.12. The number of hydrogen-bond acceptors (Lipinski definition) is 7. The van der Waals surface area contributed by atoms with Crippen molar-refractivity contribution in [3.05, 3.63) is 60.2 Å². The van der Waals surface area contributed by atoms with Gasteiger partial charge >= 0.3 is 0 Å². The molecule has 0 bridgehead atoms. The highest BCUT2D eigenvalue weighted by atomic mass is 15.3. The molecule has 0 radical (unpaired) electrons. The molecular formula is C17H19N7. The Kier molecular flexibility index (Phi) is 4.55. The monoisotopic (exact) mass is 321 g/mol. The molecule has 0 aliphatic heterocycles. The molecule has 3 aromatic rings. The largest absolute Gasteiger partial charge is 0.324 e. The summed E-state index contributed by atoms with van der Waals surface area (Å²) in [6, 6.07) is 17.6. The summed E-state index contributed by atoms with van der Waals surface area (Å²) in [6.07, 6.45) is 0. The Morgan fingerprint density at radius 2 is 1.50 bits per heavy atom. The van der Waals surface area contributed by atoms with Crippen LogP contribution in [0.3, 0.4) is 0 Å². The van der Waals surface area contributed by atoms with Crippen molar-refractivity contribution < 1.29 is 0 Å². The average molecular weight is 321 g/mol. The van der Waals surface area contributed by atoms with E-state index in [0.717, 1.165) is 16.8 Å². The number of aryl methyl sites for hydroxylation is 1. The second-order valence-corrected chi connectivity index (χ2v) is 5.27. The van der Waals surface area contributed by atoms with E-state index < -0.39 is 0 Å². The molecule has 7 nitrogen and oxygen atoms in total. The minimum absolute atomic E-state index is 0.388. The van der Waals surface area contributed by atoms with Crippen LogP contribution in [0.4, 0.5) is 23.3 Å². The number of hydrogen-bond donors (Lipinski definition) is 5. The topological polar surface area (TPSA) is 114 Å². The molecule has 1 aromatic heterocycles. The summed E-state index contributed by atoms with van der Waals surface area (Å²) in [6.45, 7) is 2.01. The van der Waals surface area contributed by atoms with Gasteiger partial charge in [0.25, 0.3) is 0 Å². The summed E-state index contributed by atoms with van der Waals surface area (Å²) in [5.41, 5.74) is 8.87. The van der Waals surface area contributed by atoms with E-state index in [1.165, 1.54) is 0 Å². The summed E-state index contributed by atoms with van der Waals surface area (Å²) in [4.78, 5) is 8.89. The third kappa shape index (κ3) is 3.27. The highest BCUT2D eigenvalue weighted by Crippen LogP contribution is 2.34. The van der Waals surface area contributed by atoms with Crippen LogP contribution in [0.5, 0.6) is 0 Å². The zero-order chi connectivity index (χ0) is 16.9. The second-order valence-electron chi connectivity index (χ2n) is 5.27. The average Bonchev–Trinajstić information content (AvgIpc) is 2.61. The lowest BCUT2D eigenvalue weighted by atomic mass is 10.0. The molecule has 1 heterocycles. The molecule has 122 valence electrons. The Labute approximate surface area is 140 Å². The first-order valence-corrected chi connectivity index (χ1v) is 7.45. The minimum atomic E-state index is 0.388. The number of rotatable bonds is 5. The van der Waals surface area contributed by atoms with Crippen molar-refractivity contribution in [3.8, 4) is 11.1 Å². The number of para-hydroxylation sites is 1. The van der Waals surface area contributed by atoms with Crippen LogP contribution in [0.15, 0.2) is 54.6 Å². The fourth-order valence-corrected chi connectivity index (χ4v) is 2.45. The molecule has 7 N–H and O–H groups in total. The van der Waals surface area contributed by atoms with Gasteiger partial charge in [-0.05, 0) is 24.6 Å². The van der Waals surface area contributed by atoms with Crippen LogP contribution >= 0.6 is 0 Å². The van der Waals surface area contributed by atoms with E-state index in [4.69, 9.17) is 11.7 Å². The molecule has 0 fully saturated rings. The highest BCUT2D eigenvalue weighted by molar-refractivity contribution is 5.85. The molecule has 0 spiro atoms. The van der Waals surface area contributed by atoms with Crippen LogP contribution in [0, 0.1) is 6.92 Å². The van der Waals surface area contributed by atoms with Crippen LogP contribution in [-0.4, -0.2) is 9.97 Å². The quantitative estimate of drug-likeness (QED) is 0.362. The van der Waals surface area contributed by atoms with E-state index in [1.807, 2.05) is 61.5 Å². The van der Waals surface area contributed by atoms with Gasteiger partial charge in [0.2, 0.25) is 5.95 Å². The number of benzene rings is 2. The Bertz CT molecular complexity index is 808. The third-order valence-electron chi connectivity index (χ3n) is 3.52. The maximum atomic E-state index is 5.68. The van der Waals surface area contributed by atoms with Gasteiger partial charge in [-0.2, -0.15) is 9.97 Å². The summed E-state index contributed by atoms with van der Waals surface area (Å²) >= 11 is 0. The Hall–Kier alpha value is -3.16. The molecule has 0 atom stereocenters. The van der Waals surface area contributed by atoms with E-state index in [0.29, 0.717) is 23.1 Å². The standard InChI is InChI=1S/C17H19N7/c1-11-6-5-7-12(10-11)14-15(23-18)21-17(22-16(14)24-19)20-13-8-3-2-4-9-13/h2-10H,18-19H2,1H3,(H3,20,21,22,23,24). The van der Waals surface area contributed by atoms with Gasteiger partial charge in [-0.1, -0.05) is 48.0 Å². The number of nitrogens with two attached hydrogens (primary N) is 2. The number of aromatic nitrogens is 2. The van der Waals surface area contributed by atoms with Gasteiger partial charge in [0.05, 0.1) is 5.56 Å². The van der Waals surface area contributed by atoms with Crippen molar-refractivity contribution in [3.63, 3.8) is 0 Å². The van der Waals surface area contributed by atoms with Crippen LogP contribution in [-0.2, 0) is 0 Å². The normalized spacial score (nSPS) is 10.3. The zero-order valence-electron chi connectivity index (χ0n) is 13.2. The Morgan fingerprint density at radius 1 is 0.833 bits per heavy atom. The van der Waals surface area contributed by atoms with Gasteiger partial charge < -0.3 is 16.2 Å². The van der Waals surface area contributed by atoms with Crippen molar-refractivity contribution >= 4 is 23.3 Å². The van der Waals surface area contributed by atoms with Gasteiger partial charge in [-0.3, -0.25) is 0 Å². The fourth-order valence-electron chi connectivity index (χ4n) is 2.45. The van der Waals surface area contributed by atoms with Crippen LogP contribution < -0.4 is 27.9 Å². The van der Waals surface area contributed by atoms with Crippen molar-refractivity contribution in [1.82, 2.24) is 9.97 Å². The maximum absolute atomic E-state index is 5.68. The first-order chi connectivity index (χ1) is 11.7. The number of anilines is 4. The smallest absolute Gasteiger partial charge is 0.231 e. The molecular weight excluding hydrogens is 302 g/mol. The lowest BCUT2D eigenvalue weighted by Crippen LogP contribution is -2.16. The predicted molar refractivity (Wildman–Crippen MR) is 97.5 cm³/mol. The summed E-state index contributed by atoms with van der Waals surface area (Å²) in [5, 5.41) is 3.13. The SMILES string of the molecule is Cc1cccc(-c2c(NN)nc(Nc3ccccc3)nc2NN)c1. The number of nitrogens with zero attached hydrogens (tertiary/aromatic N) is 2. The molecule has 0 amide bonds. The van der Waals surface area contributed by atoms with Crippen molar-refractivity contribution in [2.75, 3.05) is 16.2 Å². The number of hydrazine groups is 2. The van der Waals surface area contributed by atoms with Crippen LogP contribution in [0.2, 0.25) is 0 Å². The molecule has 7 heteroatoms. The van der Waals surface area contributed by atoms with E-state index in [-0.39, 0.29) is 0 Å². The molecule has 0 aliphatic carbocycles. The predicted octanol–water partition coefficient (Wildman–Crippen LogP) is 2.77. The van der Waals surface area contributed by atoms with Crippen molar-refractivity contribution in [1.29, 1.82) is 0 Å². The summed E-state index contributed by atoms with van der Waals surface area (Å²) in [5.74, 6) is 12.7. The highest BCUT2D eigenvalue weighted by Gasteiger charge is 2.15. The van der Waals surface area contributed by atoms with Gasteiger partial charge in [-0.15, -0.1) is 0 Å². The maximum Gasteiger partial charge on any atom is 0.231 e. The van der Waals surface area contributed by atoms with Gasteiger partial charge in [0, 0.05) is 5.69 Å². The molecule has 0 unspecified atom stereocenters. The number of nitrogens with one attached hydrogen (secondary N) is 3. The van der Waals surface area contributed by atoms with E-state index in [1.54, 1.807) is 0 Å². The number of nitrogen functional groups attached to an aromatic ring is 2. The molecule has 0 saturated carbocycles. The van der Waals surface area contributed by atoms with E-state index >= 15 is 0 Å². The molecule has 2 aromatic carbocycles. The van der Waals surface area contributed by atoms with Gasteiger partial charge in [-0.25, -0.2) is 11.7 Å². The third-order valence-corrected chi connectivity index (χ3v) is 3.52. The Morgan fingerprint density at radius 3 is 2.08 bits per heavy atom. The molecule has 0 aliphatic rings. The van der Waals surface area contributed by atoms with Gasteiger partial charge in [0.1, 0.15) is 0 Å². The van der Waals surface area contributed by atoms with Gasteiger partial charge in [0.15, 0.2) is 11.6 Å². The minimum Gasteiger partial charge on any atom is -0.324 e. The molecule has 24 heavy (non-hydrogen) atoms. The molecule has 0 saturated heterocycles. The van der Waals surface area contributed by atoms with E-state index in [2.05, 4.69) is 26.1 Å². The molecule has 3 rings (SSSR count). The van der Waals surface area contributed by atoms with Crippen molar-refractivity contribution in [2.24, 2.45) is 11.7 Å². The fraction of sp³-hybridized carbons (Fsp3) is 0.0588. The summed E-state index contributed by atoms with van der Waals surface area (Å²) in [7, 11) is 0.